The van der Waals surface area contributed by atoms with Crippen LogP contribution in [0.1, 0.15) is 18.0 Å². The monoisotopic (exact) mass is 287 g/mol. The Labute approximate surface area is 122 Å². The number of benzene rings is 1. The number of para-hydroxylation sites is 1. The van der Waals surface area contributed by atoms with Gasteiger partial charge in [0.1, 0.15) is 12.1 Å². The Morgan fingerprint density at radius 1 is 1.29 bits per heavy atom. The number of ether oxygens (including phenoxy) is 2. The van der Waals surface area contributed by atoms with Gasteiger partial charge in [0.2, 0.25) is 5.75 Å². The maximum absolute atomic E-state index is 5.66. The number of hydrogen-bond donors (Lipinski definition) is 3. The molecule has 21 heavy (non-hydrogen) atoms. The molecule has 0 saturated heterocycles. The highest BCUT2D eigenvalue weighted by Gasteiger charge is 2.23. The van der Waals surface area contributed by atoms with Crippen molar-refractivity contribution in [3.63, 3.8) is 0 Å². The van der Waals surface area contributed by atoms with E-state index in [1.54, 1.807) is 7.11 Å². The summed E-state index contributed by atoms with van der Waals surface area (Å²) in [4.78, 5) is 8.27. The van der Waals surface area contributed by atoms with Crippen LogP contribution in [0.2, 0.25) is 0 Å². The molecule has 1 unspecified atom stereocenters. The fourth-order valence-corrected chi connectivity index (χ4v) is 2.43. The van der Waals surface area contributed by atoms with Crippen LogP contribution in [0.3, 0.4) is 0 Å². The number of methoxy groups -OCH3 is 1. The molecule has 1 aliphatic heterocycles. The summed E-state index contributed by atoms with van der Waals surface area (Å²) in [5, 5.41) is 3.38. The van der Waals surface area contributed by atoms with E-state index >= 15 is 0 Å². The molecule has 4 N–H and O–H groups in total. The first-order chi connectivity index (χ1) is 10.3. The van der Waals surface area contributed by atoms with E-state index in [9.17, 15) is 0 Å². The highest BCUT2D eigenvalue weighted by Crippen LogP contribution is 2.36. The lowest BCUT2D eigenvalue weighted by Crippen LogP contribution is -2.21. The van der Waals surface area contributed by atoms with Gasteiger partial charge in [-0.05, 0) is 6.07 Å². The van der Waals surface area contributed by atoms with Crippen molar-refractivity contribution in [2.75, 3.05) is 24.5 Å². The number of nitrogens with two attached hydrogens (primary N) is 1. The zero-order valence-electron chi connectivity index (χ0n) is 11.7. The normalized spacial score (nSPS) is 16.6. The summed E-state index contributed by atoms with van der Waals surface area (Å²) in [5.41, 5.74) is 3.61. The second-order valence-corrected chi connectivity index (χ2v) is 4.62. The van der Waals surface area contributed by atoms with Crippen LogP contribution >= 0.6 is 0 Å². The summed E-state index contributed by atoms with van der Waals surface area (Å²) >= 11 is 0. The van der Waals surface area contributed by atoms with Gasteiger partial charge in [0.25, 0.3) is 0 Å². The first kappa shape index (κ1) is 13.4. The number of aromatic nitrogens is 2. The van der Waals surface area contributed by atoms with Crippen molar-refractivity contribution in [3.05, 3.63) is 36.2 Å². The number of nitrogens with one attached hydrogen (secondary N) is 2. The number of hydrazine groups is 1. The zero-order valence-corrected chi connectivity index (χ0v) is 11.7. The van der Waals surface area contributed by atoms with E-state index in [1.807, 2.05) is 24.3 Å². The molecular formula is C14H17N5O2. The molecule has 2 aromatic rings. The van der Waals surface area contributed by atoms with Gasteiger partial charge in [-0.25, -0.2) is 15.8 Å². The molecule has 0 fully saturated rings. The van der Waals surface area contributed by atoms with Crippen LogP contribution in [0.25, 0.3) is 0 Å². The smallest absolute Gasteiger partial charge is 0.205 e. The number of anilines is 2. The molecule has 0 amide bonds. The van der Waals surface area contributed by atoms with E-state index in [2.05, 4.69) is 20.7 Å². The molecule has 3 rings (SSSR count). The average Bonchev–Trinajstić information content (AvgIpc) is 2.55. The van der Waals surface area contributed by atoms with Crippen LogP contribution in [0, 0.1) is 0 Å². The molecule has 110 valence electrons. The number of rotatable bonds is 4. The largest absolute Gasteiger partial charge is 0.493 e. The van der Waals surface area contributed by atoms with E-state index in [4.69, 9.17) is 15.3 Å². The minimum absolute atomic E-state index is 0.101. The molecule has 0 aliphatic carbocycles. The fraction of sp³-hybridized carbons (Fsp3) is 0.286. The van der Waals surface area contributed by atoms with Crippen molar-refractivity contribution in [2.24, 2.45) is 5.84 Å². The molecule has 2 heterocycles. The lowest BCUT2D eigenvalue weighted by atomic mass is 10.0. The van der Waals surface area contributed by atoms with Gasteiger partial charge in [0.05, 0.1) is 19.8 Å². The van der Waals surface area contributed by atoms with E-state index in [-0.39, 0.29) is 6.04 Å². The molecule has 0 radical (unpaired) electrons. The number of hydrogen-bond acceptors (Lipinski definition) is 7. The summed E-state index contributed by atoms with van der Waals surface area (Å²) < 4.78 is 11.0. The van der Waals surface area contributed by atoms with Gasteiger partial charge in [-0.15, -0.1) is 0 Å². The SMILES string of the molecule is COc1c(NN)ncnc1NC1CCOc2ccccc21. The minimum atomic E-state index is 0.101. The zero-order chi connectivity index (χ0) is 14.7. The summed E-state index contributed by atoms with van der Waals surface area (Å²) in [6.45, 7) is 0.657. The quantitative estimate of drug-likeness (QED) is 0.582. The van der Waals surface area contributed by atoms with Crippen molar-refractivity contribution in [1.29, 1.82) is 0 Å². The van der Waals surface area contributed by atoms with Gasteiger partial charge >= 0.3 is 0 Å². The van der Waals surface area contributed by atoms with Gasteiger partial charge in [-0.3, -0.25) is 0 Å². The highest BCUT2D eigenvalue weighted by atomic mass is 16.5. The number of nitrogen functional groups attached to an aromatic ring is 1. The van der Waals surface area contributed by atoms with Gasteiger partial charge in [0, 0.05) is 12.0 Å². The van der Waals surface area contributed by atoms with Gasteiger partial charge < -0.3 is 20.2 Å². The third kappa shape index (κ3) is 2.55. The van der Waals surface area contributed by atoms with Crippen molar-refractivity contribution in [3.8, 4) is 11.5 Å². The summed E-state index contributed by atoms with van der Waals surface area (Å²) in [5.74, 6) is 7.86. The summed E-state index contributed by atoms with van der Waals surface area (Å²) in [6, 6.07) is 8.06. The van der Waals surface area contributed by atoms with Crippen molar-refractivity contribution < 1.29 is 9.47 Å². The minimum Gasteiger partial charge on any atom is -0.493 e. The molecule has 0 bridgehead atoms. The average molecular weight is 287 g/mol. The van der Waals surface area contributed by atoms with Crippen LogP contribution < -0.4 is 26.1 Å². The summed E-state index contributed by atoms with van der Waals surface area (Å²) in [6.07, 6.45) is 2.28. The van der Waals surface area contributed by atoms with Crippen LogP contribution in [0.5, 0.6) is 11.5 Å². The molecule has 1 aliphatic rings. The van der Waals surface area contributed by atoms with E-state index < -0.39 is 0 Å². The molecule has 7 nitrogen and oxygen atoms in total. The Morgan fingerprint density at radius 3 is 2.90 bits per heavy atom. The van der Waals surface area contributed by atoms with E-state index in [1.165, 1.54) is 6.33 Å². The third-order valence-electron chi connectivity index (χ3n) is 3.41. The molecule has 1 atom stereocenters. The Bertz CT molecular complexity index is 635. The Hall–Kier alpha value is -2.54. The summed E-state index contributed by atoms with van der Waals surface area (Å²) in [7, 11) is 1.56. The predicted octanol–water partition coefficient (Wildman–Crippen LogP) is 1.71. The topological polar surface area (TPSA) is 94.3 Å². The Balaban J connectivity index is 1.92. The molecule has 0 saturated carbocycles. The van der Waals surface area contributed by atoms with Crippen LogP contribution in [-0.2, 0) is 0 Å². The van der Waals surface area contributed by atoms with Crippen LogP contribution in [-0.4, -0.2) is 23.7 Å². The van der Waals surface area contributed by atoms with Gasteiger partial charge in [-0.2, -0.15) is 0 Å². The molecule has 0 spiro atoms. The van der Waals surface area contributed by atoms with Crippen molar-refractivity contribution in [2.45, 2.75) is 12.5 Å². The first-order valence-electron chi connectivity index (χ1n) is 6.67. The second kappa shape index (κ2) is 5.84. The third-order valence-corrected chi connectivity index (χ3v) is 3.41. The van der Waals surface area contributed by atoms with Crippen LogP contribution in [0.4, 0.5) is 11.6 Å². The predicted molar refractivity (Wildman–Crippen MR) is 79.3 cm³/mol. The lowest BCUT2D eigenvalue weighted by molar-refractivity contribution is 0.274. The van der Waals surface area contributed by atoms with Crippen molar-refractivity contribution >= 4 is 11.6 Å². The maximum atomic E-state index is 5.66. The van der Waals surface area contributed by atoms with Crippen molar-refractivity contribution in [1.82, 2.24) is 9.97 Å². The van der Waals surface area contributed by atoms with Gasteiger partial charge in [0.15, 0.2) is 11.6 Å². The van der Waals surface area contributed by atoms with E-state index in [0.29, 0.717) is 24.0 Å². The first-order valence-corrected chi connectivity index (χ1v) is 6.67. The number of nitrogens with zero attached hydrogens (tertiary/aromatic N) is 2. The Kier molecular flexibility index (Phi) is 3.74. The second-order valence-electron chi connectivity index (χ2n) is 4.62. The fourth-order valence-electron chi connectivity index (χ4n) is 2.43. The molecule has 1 aromatic heterocycles. The van der Waals surface area contributed by atoms with Crippen LogP contribution in [0.15, 0.2) is 30.6 Å². The standard InChI is InChI=1S/C14H17N5O2/c1-20-12-13(16-8-17-14(12)19-15)18-10-6-7-21-11-5-3-2-4-9(10)11/h2-5,8,10H,6-7,15H2,1H3,(H2,16,17,18,19). The van der Waals surface area contributed by atoms with E-state index in [0.717, 1.165) is 17.7 Å². The lowest BCUT2D eigenvalue weighted by Gasteiger charge is -2.27. The Morgan fingerprint density at radius 2 is 2.10 bits per heavy atom. The molecule has 1 aromatic carbocycles. The maximum Gasteiger partial charge on any atom is 0.205 e. The molecule has 7 heteroatoms. The highest BCUT2D eigenvalue weighted by molar-refractivity contribution is 5.64. The number of fused-ring (bicyclic) bond motifs is 1. The molecular weight excluding hydrogens is 270 g/mol. The van der Waals surface area contributed by atoms with Gasteiger partial charge in [-0.1, -0.05) is 18.2 Å².